The second-order valence-electron chi connectivity index (χ2n) is 9.94. The van der Waals surface area contributed by atoms with Crippen LogP contribution in [0.25, 0.3) is 5.69 Å². The molecule has 0 unspecified atom stereocenters. The summed E-state index contributed by atoms with van der Waals surface area (Å²) in [6.45, 7) is 10.2. The highest BCUT2D eigenvalue weighted by molar-refractivity contribution is 5.61. The van der Waals surface area contributed by atoms with Gasteiger partial charge in [0, 0.05) is 52.4 Å². The molecule has 0 amide bonds. The molecule has 2 atom stereocenters. The van der Waals surface area contributed by atoms with Crippen molar-refractivity contribution in [1.82, 2.24) is 19.7 Å². The van der Waals surface area contributed by atoms with Gasteiger partial charge in [-0.05, 0) is 32.0 Å². The minimum atomic E-state index is -4.76. The highest BCUT2D eigenvalue weighted by Gasteiger charge is 2.58. The largest absolute Gasteiger partial charge is 0.494 e. The Morgan fingerprint density at radius 1 is 1.03 bits per heavy atom. The molecule has 2 aromatic rings. The first kappa shape index (κ1) is 23.9. The van der Waals surface area contributed by atoms with Gasteiger partial charge >= 0.3 is 6.18 Å². The van der Waals surface area contributed by atoms with Crippen molar-refractivity contribution in [2.45, 2.75) is 31.2 Å². The van der Waals surface area contributed by atoms with Crippen LogP contribution in [0.5, 0.6) is 11.8 Å². The molecule has 4 heterocycles. The van der Waals surface area contributed by atoms with E-state index in [1.165, 1.54) is 6.07 Å². The van der Waals surface area contributed by atoms with Crippen molar-refractivity contribution in [3.63, 3.8) is 0 Å². The Morgan fingerprint density at radius 3 is 2.14 bits per heavy atom. The van der Waals surface area contributed by atoms with Gasteiger partial charge in [0.15, 0.2) is 0 Å². The lowest BCUT2D eigenvalue weighted by Gasteiger charge is -2.44. The SMILES string of the molecule is C[C@]12CN(CCN3CCNCC3)C[C@](C)(O1)c1c2c(O)n(-c2ccc(C#N)c(C(F)(F)F)c2)c1O. The summed E-state index contributed by atoms with van der Waals surface area (Å²) in [4.78, 5) is 4.63. The first-order valence-electron chi connectivity index (χ1n) is 11.6. The minimum Gasteiger partial charge on any atom is -0.494 e. The molecule has 2 saturated heterocycles. The van der Waals surface area contributed by atoms with Crippen LogP contribution in [-0.2, 0) is 22.1 Å². The quantitative estimate of drug-likeness (QED) is 0.605. The Kier molecular flexibility index (Phi) is 5.56. The van der Waals surface area contributed by atoms with Crippen LogP contribution in [0.3, 0.4) is 0 Å². The lowest BCUT2D eigenvalue weighted by atomic mass is 9.94. The Labute approximate surface area is 201 Å². The molecule has 5 rings (SSSR count). The number of ether oxygens (including phenoxy) is 1. The molecular formula is C24H28F3N5O3. The van der Waals surface area contributed by atoms with Crippen LogP contribution >= 0.6 is 0 Å². The summed E-state index contributed by atoms with van der Waals surface area (Å²) in [5.74, 6) is -0.712. The Hall–Kier alpha value is -2.78. The van der Waals surface area contributed by atoms with Crippen LogP contribution in [0.2, 0.25) is 0 Å². The van der Waals surface area contributed by atoms with E-state index >= 15 is 0 Å². The Balaban J connectivity index is 1.50. The smallest absolute Gasteiger partial charge is 0.417 e. The molecule has 35 heavy (non-hydrogen) atoms. The number of hydrogen-bond donors (Lipinski definition) is 3. The fourth-order valence-corrected chi connectivity index (χ4v) is 5.90. The molecule has 0 spiro atoms. The summed E-state index contributed by atoms with van der Waals surface area (Å²) in [5.41, 5.74) is -2.85. The van der Waals surface area contributed by atoms with Crippen molar-refractivity contribution >= 4 is 0 Å². The standard InChI is InChI=1S/C24H28F3N5O3/c1-22-13-31(10-9-30-7-5-29-6-8-30)14-23(2,35-22)19-18(22)20(33)32(21(19)34)16-4-3-15(12-28)17(11-16)24(25,26)27/h3-4,11,29,33-34H,5-10,13-14H2,1-2H3/t22-,23+. The zero-order valence-electron chi connectivity index (χ0n) is 19.6. The molecule has 2 fully saturated rings. The minimum absolute atomic E-state index is 0.0819. The number of aromatic hydroxyl groups is 2. The Morgan fingerprint density at radius 2 is 1.60 bits per heavy atom. The Bertz CT molecular complexity index is 1160. The number of nitrogens with one attached hydrogen (secondary N) is 1. The summed E-state index contributed by atoms with van der Waals surface area (Å²) in [7, 11) is 0. The zero-order chi connectivity index (χ0) is 25.2. The summed E-state index contributed by atoms with van der Waals surface area (Å²) >= 11 is 0. The number of morpholine rings is 1. The zero-order valence-corrected chi connectivity index (χ0v) is 19.6. The van der Waals surface area contributed by atoms with Gasteiger partial charge in [0.1, 0.15) is 11.2 Å². The van der Waals surface area contributed by atoms with E-state index in [0.29, 0.717) is 24.2 Å². The third-order valence-electron chi connectivity index (χ3n) is 7.31. The number of rotatable bonds is 4. The van der Waals surface area contributed by atoms with Gasteiger partial charge in [0.2, 0.25) is 11.8 Å². The van der Waals surface area contributed by atoms with Crippen molar-refractivity contribution in [2.75, 3.05) is 52.4 Å². The van der Waals surface area contributed by atoms with Crippen molar-refractivity contribution in [2.24, 2.45) is 0 Å². The number of aromatic nitrogens is 1. The van der Waals surface area contributed by atoms with Gasteiger partial charge in [-0.1, -0.05) is 0 Å². The monoisotopic (exact) mass is 491 g/mol. The summed E-state index contributed by atoms with van der Waals surface area (Å²) < 4.78 is 48.0. The van der Waals surface area contributed by atoms with Gasteiger partial charge in [0.05, 0.1) is 34.0 Å². The molecule has 188 valence electrons. The first-order valence-corrected chi connectivity index (χ1v) is 11.6. The predicted molar refractivity (Wildman–Crippen MR) is 120 cm³/mol. The van der Waals surface area contributed by atoms with Crippen LogP contribution in [0, 0.1) is 11.3 Å². The second-order valence-corrected chi connectivity index (χ2v) is 9.94. The maximum atomic E-state index is 13.5. The van der Waals surface area contributed by atoms with Crippen LogP contribution in [0.15, 0.2) is 18.2 Å². The van der Waals surface area contributed by atoms with Gasteiger partial charge < -0.3 is 20.3 Å². The third kappa shape index (κ3) is 3.85. The topological polar surface area (TPSA) is 96.9 Å². The van der Waals surface area contributed by atoms with E-state index in [1.54, 1.807) is 6.07 Å². The highest BCUT2D eigenvalue weighted by Crippen LogP contribution is 2.59. The number of alkyl halides is 3. The third-order valence-corrected chi connectivity index (χ3v) is 7.31. The summed E-state index contributed by atoms with van der Waals surface area (Å²) in [6, 6.07) is 4.64. The number of nitriles is 1. The first-order chi connectivity index (χ1) is 16.5. The van der Waals surface area contributed by atoms with E-state index in [0.717, 1.165) is 56.0 Å². The van der Waals surface area contributed by atoms with E-state index < -0.39 is 28.5 Å². The molecule has 8 nitrogen and oxygen atoms in total. The number of hydrogen-bond acceptors (Lipinski definition) is 7. The fourth-order valence-electron chi connectivity index (χ4n) is 5.90. The van der Waals surface area contributed by atoms with Crippen LogP contribution in [0.1, 0.15) is 36.1 Å². The molecule has 3 aliphatic rings. The molecule has 0 saturated carbocycles. The lowest BCUT2D eigenvalue weighted by molar-refractivity contribution is -0.187. The van der Waals surface area contributed by atoms with Crippen molar-refractivity contribution in [3.8, 4) is 23.5 Å². The van der Waals surface area contributed by atoms with Crippen molar-refractivity contribution < 1.29 is 28.1 Å². The van der Waals surface area contributed by atoms with Crippen molar-refractivity contribution in [3.05, 3.63) is 40.5 Å². The lowest BCUT2D eigenvalue weighted by Crippen LogP contribution is -2.54. The number of nitrogens with zero attached hydrogens (tertiary/aromatic N) is 4. The van der Waals surface area contributed by atoms with Gasteiger partial charge in [-0.15, -0.1) is 0 Å². The van der Waals surface area contributed by atoms with Gasteiger partial charge in [-0.3, -0.25) is 14.4 Å². The molecule has 3 N–H and O–H groups in total. The number of piperazine rings is 1. The molecule has 11 heteroatoms. The number of fused-ring (bicyclic) bond motifs is 5. The average molecular weight is 492 g/mol. The van der Waals surface area contributed by atoms with E-state index in [9.17, 15) is 23.4 Å². The van der Waals surface area contributed by atoms with Crippen molar-refractivity contribution in [1.29, 1.82) is 5.26 Å². The van der Waals surface area contributed by atoms with Gasteiger partial charge in [0.25, 0.3) is 0 Å². The molecule has 1 aromatic carbocycles. The van der Waals surface area contributed by atoms with E-state index in [-0.39, 0.29) is 17.4 Å². The fraction of sp³-hybridized carbons (Fsp3) is 0.542. The van der Waals surface area contributed by atoms with Crippen LogP contribution in [0.4, 0.5) is 13.2 Å². The predicted octanol–water partition coefficient (Wildman–Crippen LogP) is 2.46. The maximum Gasteiger partial charge on any atom is 0.417 e. The van der Waals surface area contributed by atoms with Crippen LogP contribution < -0.4 is 5.32 Å². The summed E-state index contributed by atoms with van der Waals surface area (Å²) in [6.07, 6.45) is -4.76. The van der Waals surface area contributed by atoms with E-state index in [2.05, 4.69) is 15.1 Å². The normalized spacial score (nSPS) is 27.1. The number of halogens is 3. The second kappa shape index (κ2) is 8.13. The highest BCUT2D eigenvalue weighted by atomic mass is 19.4. The molecule has 0 aliphatic carbocycles. The van der Waals surface area contributed by atoms with Crippen LogP contribution in [-0.4, -0.2) is 76.9 Å². The molecular weight excluding hydrogens is 463 g/mol. The van der Waals surface area contributed by atoms with E-state index in [1.807, 2.05) is 13.8 Å². The maximum absolute atomic E-state index is 13.5. The molecule has 0 radical (unpaired) electrons. The van der Waals surface area contributed by atoms with Gasteiger partial charge in [-0.2, -0.15) is 18.4 Å². The molecule has 3 aliphatic heterocycles. The van der Waals surface area contributed by atoms with Gasteiger partial charge in [-0.25, -0.2) is 0 Å². The number of benzene rings is 1. The molecule has 1 aromatic heterocycles. The van der Waals surface area contributed by atoms with E-state index in [4.69, 9.17) is 10.00 Å². The summed E-state index contributed by atoms with van der Waals surface area (Å²) in [5, 5.41) is 34.8. The molecule has 2 bridgehead atoms. The average Bonchev–Trinajstić information content (AvgIpc) is 3.17.